The number of hydrogen-bond acceptors (Lipinski definition) is 4. The highest BCUT2D eigenvalue weighted by Crippen LogP contribution is 2.27. The first-order valence-electron chi connectivity index (χ1n) is 10.4. The van der Waals surface area contributed by atoms with Crippen molar-refractivity contribution in [3.05, 3.63) is 54.1 Å². The van der Waals surface area contributed by atoms with Crippen molar-refractivity contribution in [1.82, 2.24) is 0 Å². The van der Waals surface area contributed by atoms with Crippen LogP contribution in [0.2, 0.25) is 0 Å². The zero-order valence-electron chi connectivity index (χ0n) is 17.9. The van der Waals surface area contributed by atoms with Crippen LogP contribution in [0.5, 0.6) is 0 Å². The summed E-state index contributed by atoms with van der Waals surface area (Å²) in [5, 5.41) is 2.98. The SMILES string of the molecule is CC1C[C@@H](C)CN(c2ccc(NCc3ccc(NS(=O)(=O)C(C)C)cc3)cc2)C1. The predicted octanol–water partition coefficient (Wildman–Crippen LogP) is 4.93. The van der Waals surface area contributed by atoms with Gasteiger partial charge in [0.05, 0.1) is 5.25 Å². The van der Waals surface area contributed by atoms with Crippen LogP contribution in [0.3, 0.4) is 0 Å². The highest BCUT2D eigenvalue weighted by molar-refractivity contribution is 7.93. The molecule has 1 aliphatic heterocycles. The van der Waals surface area contributed by atoms with Crippen LogP contribution in [0.4, 0.5) is 17.1 Å². The molecule has 29 heavy (non-hydrogen) atoms. The Labute approximate surface area is 175 Å². The fourth-order valence-corrected chi connectivity index (χ4v) is 4.54. The zero-order chi connectivity index (χ0) is 21.0. The summed E-state index contributed by atoms with van der Waals surface area (Å²) in [7, 11) is -3.31. The van der Waals surface area contributed by atoms with Gasteiger partial charge in [-0.1, -0.05) is 26.0 Å². The maximum absolute atomic E-state index is 11.9. The maximum atomic E-state index is 11.9. The number of nitrogens with zero attached hydrogens (tertiary/aromatic N) is 1. The van der Waals surface area contributed by atoms with E-state index >= 15 is 0 Å². The van der Waals surface area contributed by atoms with Crippen molar-refractivity contribution in [2.75, 3.05) is 28.0 Å². The van der Waals surface area contributed by atoms with Crippen LogP contribution in [-0.4, -0.2) is 26.8 Å². The van der Waals surface area contributed by atoms with Gasteiger partial charge in [0.2, 0.25) is 10.0 Å². The Bertz CT molecular complexity index is 883. The molecule has 1 fully saturated rings. The van der Waals surface area contributed by atoms with E-state index in [1.165, 1.54) is 12.1 Å². The van der Waals surface area contributed by atoms with Crippen molar-refractivity contribution < 1.29 is 8.42 Å². The van der Waals surface area contributed by atoms with Crippen molar-refractivity contribution in [3.63, 3.8) is 0 Å². The lowest BCUT2D eigenvalue weighted by Gasteiger charge is -2.36. The normalized spacial score (nSPS) is 20.0. The van der Waals surface area contributed by atoms with E-state index in [0.717, 1.165) is 36.2 Å². The Morgan fingerprint density at radius 3 is 2.03 bits per heavy atom. The van der Waals surface area contributed by atoms with Gasteiger partial charge in [0, 0.05) is 36.7 Å². The molecular weight excluding hydrogens is 382 g/mol. The van der Waals surface area contributed by atoms with Crippen LogP contribution in [0, 0.1) is 11.8 Å². The molecule has 2 aromatic carbocycles. The summed E-state index contributed by atoms with van der Waals surface area (Å²) in [5.74, 6) is 1.48. The minimum Gasteiger partial charge on any atom is -0.381 e. The van der Waals surface area contributed by atoms with Gasteiger partial charge < -0.3 is 10.2 Å². The van der Waals surface area contributed by atoms with Crippen LogP contribution in [0.15, 0.2) is 48.5 Å². The lowest BCUT2D eigenvalue weighted by Crippen LogP contribution is -2.38. The molecule has 2 N–H and O–H groups in total. The van der Waals surface area contributed by atoms with Gasteiger partial charge in [-0.05, 0) is 74.1 Å². The average molecular weight is 416 g/mol. The monoisotopic (exact) mass is 415 g/mol. The fraction of sp³-hybridized carbons (Fsp3) is 0.478. The van der Waals surface area contributed by atoms with Crippen LogP contribution in [0.25, 0.3) is 0 Å². The van der Waals surface area contributed by atoms with E-state index in [-0.39, 0.29) is 0 Å². The minimum absolute atomic E-state index is 0.455. The zero-order valence-corrected chi connectivity index (χ0v) is 18.7. The molecular formula is C23H33N3O2S. The Balaban J connectivity index is 1.55. The first-order chi connectivity index (χ1) is 13.7. The molecule has 2 atom stereocenters. The molecule has 6 heteroatoms. The summed E-state index contributed by atoms with van der Waals surface area (Å²) in [6, 6.07) is 16.1. The molecule has 0 radical (unpaired) electrons. The quantitative estimate of drug-likeness (QED) is 0.673. The van der Waals surface area contributed by atoms with Gasteiger partial charge in [-0.2, -0.15) is 0 Å². The first kappa shape index (κ1) is 21.5. The summed E-state index contributed by atoms with van der Waals surface area (Å²) in [4.78, 5) is 2.49. The lowest BCUT2D eigenvalue weighted by atomic mass is 9.91. The molecule has 0 amide bonds. The van der Waals surface area contributed by atoms with Gasteiger partial charge >= 0.3 is 0 Å². The highest BCUT2D eigenvalue weighted by Gasteiger charge is 2.21. The molecule has 1 unspecified atom stereocenters. The van der Waals surface area contributed by atoms with E-state index in [2.05, 4.69) is 53.1 Å². The minimum atomic E-state index is -3.31. The summed E-state index contributed by atoms with van der Waals surface area (Å²) < 4.78 is 26.5. The third-order valence-electron chi connectivity index (χ3n) is 5.43. The van der Waals surface area contributed by atoms with Crippen molar-refractivity contribution in [2.45, 2.75) is 45.9 Å². The smallest absolute Gasteiger partial charge is 0.235 e. The molecule has 158 valence electrons. The molecule has 1 heterocycles. The van der Waals surface area contributed by atoms with Gasteiger partial charge in [-0.25, -0.2) is 8.42 Å². The second kappa shape index (κ2) is 9.08. The van der Waals surface area contributed by atoms with E-state index in [4.69, 9.17) is 0 Å². The highest BCUT2D eigenvalue weighted by atomic mass is 32.2. The van der Waals surface area contributed by atoms with Crippen molar-refractivity contribution >= 4 is 27.1 Å². The van der Waals surface area contributed by atoms with Gasteiger partial charge in [0.1, 0.15) is 0 Å². The molecule has 2 aromatic rings. The number of nitrogens with one attached hydrogen (secondary N) is 2. The third-order valence-corrected chi connectivity index (χ3v) is 7.19. The van der Waals surface area contributed by atoms with Crippen LogP contribution < -0.4 is 14.9 Å². The standard InChI is InChI=1S/C23H33N3O2S/c1-17(2)29(27,28)25-22-7-5-20(6-8-22)14-24-21-9-11-23(12-10-21)26-15-18(3)13-19(4)16-26/h5-12,17-19,24-25H,13-16H2,1-4H3/t18-,19?/m1/s1. The van der Waals surface area contributed by atoms with Crippen molar-refractivity contribution in [3.8, 4) is 0 Å². The first-order valence-corrected chi connectivity index (χ1v) is 12.0. The molecule has 0 spiro atoms. The molecule has 5 nitrogen and oxygen atoms in total. The second-order valence-electron chi connectivity index (χ2n) is 8.64. The number of hydrogen-bond donors (Lipinski definition) is 2. The molecule has 0 bridgehead atoms. The van der Waals surface area contributed by atoms with Crippen LogP contribution >= 0.6 is 0 Å². The maximum Gasteiger partial charge on any atom is 0.235 e. The number of rotatable bonds is 7. The van der Waals surface area contributed by atoms with E-state index in [1.54, 1.807) is 26.0 Å². The van der Waals surface area contributed by atoms with Gasteiger partial charge in [0.15, 0.2) is 0 Å². The number of piperidine rings is 1. The van der Waals surface area contributed by atoms with Crippen molar-refractivity contribution in [2.24, 2.45) is 11.8 Å². The van der Waals surface area contributed by atoms with Gasteiger partial charge in [0.25, 0.3) is 0 Å². The van der Waals surface area contributed by atoms with Crippen LogP contribution in [0.1, 0.15) is 39.7 Å². The number of sulfonamides is 1. The summed E-state index contributed by atoms with van der Waals surface area (Å²) in [6.45, 7) is 10.9. The van der Waals surface area contributed by atoms with Crippen molar-refractivity contribution in [1.29, 1.82) is 0 Å². The lowest BCUT2D eigenvalue weighted by molar-refractivity contribution is 0.357. The fourth-order valence-electron chi connectivity index (χ4n) is 3.84. The molecule has 3 rings (SSSR count). The van der Waals surface area contributed by atoms with E-state index in [0.29, 0.717) is 12.2 Å². The Morgan fingerprint density at radius 2 is 1.48 bits per heavy atom. The number of anilines is 3. The third kappa shape index (κ3) is 5.89. The molecule has 1 aliphatic rings. The van der Waals surface area contributed by atoms with Gasteiger partial charge in [-0.15, -0.1) is 0 Å². The topological polar surface area (TPSA) is 61.4 Å². The van der Waals surface area contributed by atoms with E-state index < -0.39 is 15.3 Å². The second-order valence-corrected chi connectivity index (χ2v) is 10.9. The average Bonchev–Trinajstić information content (AvgIpc) is 2.67. The molecule has 1 saturated heterocycles. The summed E-state index contributed by atoms with van der Waals surface area (Å²) in [6.07, 6.45) is 1.31. The molecule has 0 saturated carbocycles. The Kier molecular flexibility index (Phi) is 6.73. The van der Waals surface area contributed by atoms with E-state index in [1.807, 2.05) is 12.1 Å². The predicted molar refractivity (Wildman–Crippen MR) is 123 cm³/mol. The Hall–Kier alpha value is -2.21. The summed E-state index contributed by atoms with van der Waals surface area (Å²) in [5.41, 5.74) is 4.06. The molecule has 0 aliphatic carbocycles. The summed E-state index contributed by atoms with van der Waals surface area (Å²) >= 11 is 0. The Morgan fingerprint density at radius 1 is 0.931 bits per heavy atom. The van der Waals surface area contributed by atoms with E-state index in [9.17, 15) is 8.42 Å². The van der Waals surface area contributed by atoms with Crippen LogP contribution in [-0.2, 0) is 16.6 Å². The van der Waals surface area contributed by atoms with Gasteiger partial charge in [-0.3, -0.25) is 4.72 Å². The largest absolute Gasteiger partial charge is 0.381 e. The number of benzene rings is 2. The molecule has 0 aromatic heterocycles.